The molecule has 5 nitrogen and oxygen atoms in total. The molecule has 0 bridgehead atoms. The highest BCUT2D eigenvalue weighted by atomic mass is 32.1. The molecule has 114 valence electrons. The van der Waals surface area contributed by atoms with Crippen LogP contribution in [0.2, 0.25) is 0 Å². The second kappa shape index (κ2) is 6.15. The molecule has 3 rings (SSSR count). The highest BCUT2D eigenvalue weighted by Crippen LogP contribution is 2.30. The molecular weight excluding hydrogens is 286 g/mol. The maximum absolute atomic E-state index is 12.8. The molecule has 0 radical (unpaired) electrons. The van der Waals surface area contributed by atoms with Crippen LogP contribution in [0, 0.1) is 0 Å². The predicted octanol–water partition coefficient (Wildman–Crippen LogP) is 0.787. The fourth-order valence-electron chi connectivity index (χ4n) is 3.09. The van der Waals surface area contributed by atoms with E-state index in [1.807, 2.05) is 6.07 Å². The first-order chi connectivity index (χ1) is 10.2. The van der Waals surface area contributed by atoms with Crippen LogP contribution in [0.3, 0.4) is 0 Å². The van der Waals surface area contributed by atoms with Crippen molar-refractivity contribution in [1.29, 1.82) is 0 Å². The summed E-state index contributed by atoms with van der Waals surface area (Å²) < 4.78 is 0. The number of aryl methyl sites for hydroxylation is 2. The topological polar surface area (TPSA) is 61.4 Å². The summed E-state index contributed by atoms with van der Waals surface area (Å²) in [6.07, 6.45) is 4.61. The molecule has 0 spiro atoms. The van der Waals surface area contributed by atoms with Gasteiger partial charge in [-0.3, -0.25) is 9.59 Å². The van der Waals surface area contributed by atoms with Gasteiger partial charge in [0.2, 0.25) is 5.91 Å². The molecule has 2 heterocycles. The molecule has 1 saturated heterocycles. The number of nitrogens with one attached hydrogen (secondary N) is 2. The van der Waals surface area contributed by atoms with Crippen molar-refractivity contribution in [1.82, 2.24) is 15.5 Å². The van der Waals surface area contributed by atoms with Crippen LogP contribution in [-0.4, -0.2) is 49.4 Å². The first-order valence-corrected chi connectivity index (χ1v) is 8.37. The minimum Gasteiger partial charge on any atom is -0.357 e. The van der Waals surface area contributed by atoms with E-state index in [4.69, 9.17) is 0 Å². The van der Waals surface area contributed by atoms with Crippen LogP contribution in [0.25, 0.3) is 0 Å². The number of rotatable bonds is 2. The van der Waals surface area contributed by atoms with Crippen LogP contribution in [0.5, 0.6) is 0 Å². The van der Waals surface area contributed by atoms with Gasteiger partial charge >= 0.3 is 0 Å². The SMILES string of the molecule is CNC(=O)C1CNCCN1C(=O)c1cc2c(s1)CCCC2. The summed E-state index contributed by atoms with van der Waals surface area (Å²) in [5, 5.41) is 5.83. The Morgan fingerprint density at radius 2 is 2.19 bits per heavy atom. The van der Waals surface area contributed by atoms with Gasteiger partial charge in [0.1, 0.15) is 6.04 Å². The van der Waals surface area contributed by atoms with E-state index in [1.54, 1.807) is 23.3 Å². The fourth-order valence-corrected chi connectivity index (χ4v) is 4.30. The number of piperazine rings is 1. The highest BCUT2D eigenvalue weighted by molar-refractivity contribution is 7.14. The zero-order valence-electron chi connectivity index (χ0n) is 12.3. The minimum atomic E-state index is -0.407. The number of nitrogens with zero attached hydrogens (tertiary/aromatic N) is 1. The normalized spacial score (nSPS) is 21.8. The Kier molecular flexibility index (Phi) is 4.26. The Bertz CT molecular complexity index is 532. The van der Waals surface area contributed by atoms with Gasteiger partial charge in [0, 0.05) is 31.6 Å². The molecule has 21 heavy (non-hydrogen) atoms. The monoisotopic (exact) mass is 307 g/mol. The van der Waals surface area contributed by atoms with Gasteiger partial charge in [-0.1, -0.05) is 0 Å². The molecule has 0 saturated carbocycles. The summed E-state index contributed by atoms with van der Waals surface area (Å²) in [5.74, 6) is -0.0960. The van der Waals surface area contributed by atoms with Crippen molar-refractivity contribution < 1.29 is 9.59 Å². The Balaban J connectivity index is 1.82. The number of hydrogen-bond donors (Lipinski definition) is 2. The Morgan fingerprint density at radius 3 is 2.95 bits per heavy atom. The van der Waals surface area contributed by atoms with Gasteiger partial charge < -0.3 is 15.5 Å². The average Bonchev–Trinajstić information content (AvgIpc) is 2.97. The number of amides is 2. The molecule has 1 aromatic heterocycles. The highest BCUT2D eigenvalue weighted by Gasteiger charge is 2.33. The third-order valence-corrected chi connectivity index (χ3v) is 5.49. The third kappa shape index (κ3) is 2.82. The first-order valence-electron chi connectivity index (χ1n) is 7.55. The second-order valence-electron chi connectivity index (χ2n) is 5.60. The molecule has 2 amide bonds. The van der Waals surface area contributed by atoms with E-state index in [-0.39, 0.29) is 11.8 Å². The number of thiophene rings is 1. The van der Waals surface area contributed by atoms with Crippen molar-refractivity contribution in [3.05, 3.63) is 21.4 Å². The van der Waals surface area contributed by atoms with Crippen LogP contribution in [0.4, 0.5) is 0 Å². The summed E-state index contributed by atoms with van der Waals surface area (Å²) in [4.78, 5) is 28.6. The number of hydrogen-bond acceptors (Lipinski definition) is 4. The summed E-state index contributed by atoms with van der Waals surface area (Å²) in [7, 11) is 1.61. The molecule has 2 aliphatic rings. The predicted molar refractivity (Wildman–Crippen MR) is 82.7 cm³/mol. The summed E-state index contributed by atoms with van der Waals surface area (Å²) in [5.41, 5.74) is 1.33. The lowest BCUT2D eigenvalue weighted by molar-refractivity contribution is -0.125. The van der Waals surface area contributed by atoms with E-state index in [9.17, 15) is 9.59 Å². The largest absolute Gasteiger partial charge is 0.357 e. The van der Waals surface area contributed by atoms with Gasteiger partial charge in [-0.2, -0.15) is 0 Å². The van der Waals surface area contributed by atoms with E-state index in [1.165, 1.54) is 23.3 Å². The van der Waals surface area contributed by atoms with Gasteiger partial charge in [-0.15, -0.1) is 11.3 Å². The zero-order chi connectivity index (χ0) is 14.8. The number of fused-ring (bicyclic) bond motifs is 1. The number of carbonyl (C=O) groups excluding carboxylic acids is 2. The van der Waals surface area contributed by atoms with Gasteiger partial charge in [0.05, 0.1) is 4.88 Å². The number of likely N-dealkylation sites (N-methyl/N-ethyl adjacent to an activating group) is 1. The van der Waals surface area contributed by atoms with Crippen molar-refractivity contribution in [3.8, 4) is 0 Å². The molecule has 1 aliphatic carbocycles. The average molecular weight is 307 g/mol. The van der Waals surface area contributed by atoms with E-state index in [0.717, 1.165) is 24.3 Å². The molecule has 1 aliphatic heterocycles. The molecule has 1 atom stereocenters. The van der Waals surface area contributed by atoms with Crippen molar-refractivity contribution in [2.24, 2.45) is 0 Å². The van der Waals surface area contributed by atoms with Gasteiger partial charge in [-0.05, 0) is 37.3 Å². The van der Waals surface area contributed by atoms with E-state index in [2.05, 4.69) is 10.6 Å². The molecule has 0 aromatic carbocycles. The lowest BCUT2D eigenvalue weighted by Crippen LogP contribution is -2.59. The van der Waals surface area contributed by atoms with E-state index in [0.29, 0.717) is 13.1 Å². The first kappa shape index (κ1) is 14.5. The van der Waals surface area contributed by atoms with Crippen LogP contribution < -0.4 is 10.6 Å². The third-order valence-electron chi connectivity index (χ3n) is 4.26. The van der Waals surface area contributed by atoms with Gasteiger partial charge in [0.15, 0.2) is 0 Å². The van der Waals surface area contributed by atoms with Crippen molar-refractivity contribution in [2.45, 2.75) is 31.7 Å². The smallest absolute Gasteiger partial charge is 0.264 e. The zero-order valence-corrected chi connectivity index (χ0v) is 13.1. The number of carbonyl (C=O) groups is 2. The molecule has 1 fully saturated rings. The molecule has 1 unspecified atom stereocenters. The summed E-state index contributed by atoms with van der Waals surface area (Å²) in [6, 6.07) is 1.64. The molecule has 1 aromatic rings. The standard InChI is InChI=1S/C15H21N3O2S/c1-16-14(19)11-9-17-6-7-18(11)15(20)13-8-10-4-2-3-5-12(10)21-13/h8,11,17H,2-7,9H2,1H3,(H,16,19). The lowest BCUT2D eigenvalue weighted by Gasteiger charge is -2.34. The van der Waals surface area contributed by atoms with Crippen molar-refractivity contribution >= 4 is 23.2 Å². The Morgan fingerprint density at radius 1 is 1.38 bits per heavy atom. The summed E-state index contributed by atoms with van der Waals surface area (Å²) in [6.45, 7) is 1.85. The van der Waals surface area contributed by atoms with Crippen LogP contribution in [-0.2, 0) is 17.6 Å². The maximum atomic E-state index is 12.8. The molecule has 6 heteroatoms. The van der Waals surface area contributed by atoms with Crippen LogP contribution >= 0.6 is 11.3 Å². The van der Waals surface area contributed by atoms with Crippen LogP contribution in [0.1, 0.15) is 33.0 Å². The minimum absolute atomic E-state index is 0.00417. The van der Waals surface area contributed by atoms with E-state index >= 15 is 0 Å². The van der Waals surface area contributed by atoms with Gasteiger partial charge in [0.25, 0.3) is 5.91 Å². The van der Waals surface area contributed by atoms with Gasteiger partial charge in [-0.25, -0.2) is 0 Å². The Hall–Kier alpha value is -1.40. The Labute approximate surface area is 128 Å². The fraction of sp³-hybridized carbons (Fsp3) is 0.600. The quantitative estimate of drug-likeness (QED) is 0.849. The van der Waals surface area contributed by atoms with Crippen LogP contribution in [0.15, 0.2) is 6.07 Å². The summed E-state index contributed by atoms with van der Waals surface area (Å²) >= 11 is 1.62. The maximum Gasteiger partial charge on any atom is 0.264 e. The lowest BCUT2D eigenvalue weighted by atomic mass is 9.99. The van der Waals surface area contributed by atoms with Crippen molar-refractivity contribution in [2.75, 3.05) is 26.7 Å². The molecule has 2 N–H and O–H groups in total. The second-order valence-corrected chi connectivity index (χ2v) is 6.74. The van der Waals surface area contributed by atoms with Crippen molar-refractivity contribution in [3.63, 3.8) is 0 Å². The van der Waals surface area contributed by atoms with E-state index < -0.39 is 6.04 Å². The molecular formula is C15H21N3O2S.